The van der Waals surface area contributed by atoms with Gasteiger partial charge in [0.15, 0.2) is 0 Å². The van der Waals surface area contributed by atoms with Crippen molar-refractivity contribution >= 4 is 0 Å². The minimum absolute atomic E-state index is 0.691. The molecule has 4 fully saturated rings. The van der Waals surface area contributed by atoms with Crippen LogP contribution in [0.2, 0.25) is 0 Å². The van der Waals surface area contributed by atoms with Gasteiger partial charge in [0.2, 0.25) is 0 Å². The zero-order valence-corrected chi connectivity index (χ0v) is 11.4. The fourth-order valence-corrected chi connectivity index (χ4v) is 6.46. The molecule has 2 aliphatic carbocycles. The monoisotopic (exact) mass is 233 g/mol. The minimum Gasteiger partial charge on any atom is -0.297 e. The highest BCUT2D eigenvalue weighted by atomic mass is 15.3. The summed E-state index contributed by atoms with van der Waals surface area (Å²) in [7, 11) is 0. The third kappa shape index (κ3) is 1.20. The van der Waals surface area contributed by atoms with Crippen LogP contribution in [0, 0.1) is 17.3 Å². The van der Waals surface area contributed by atoms with Crippen LogP contribution in [0.15, 0.2) is 0 Å². The van der Waals surface area contributed by atoms with Crippen molar-refractivity contribution in [2.45, 2.75) is 70.3 Å². The lowest BCUT2D eigenvalue weighted by Crippen LogP contribution is -2.59. The molecule has 96 valence electrons. The molecule has 1 nitrogen and oxygen atoms in total. The third-order valence-corrected chi connectivity index (χ3v) is 7.06. The average Bonchev–Trinajstić information content (AvgIpc) is 2.88. The van der Waals surface area contributed by atoms with Gasteiger partial charge in [0.05, 0.1) is 0 Å². The van der Waals surface area contributed by atoms with E-state index in [2.05, 4.69) is 11.8 Å². The SMILES string of the molecule is C[C@H]1CC[C@]23CCCN4CCC[C@@]42CC[C@@H]3C1. The maximum atomic E-state index is 2.94. The first-order chi connectivity index (χ1) is 8.27. The van der Waals surface area contributed by atoms with Crippen LogP contribution in [-0.4, -0.2) is 23.5 Å². The summed E-state index contributed by atoms with van der Waals surface area (Å²) in [6.07, 6.45) is 13.8. The summed E-state index contributed by atoms with van der Waals surface area (Å²) in [4.78, 5) is 2.94. The van der Waals surface area contributed by atoms with Gasteiger partial charge >= 0.3 is 0 Å². The van der Waals surface area contributed by atoms with Gasteiger partial charge < -0.3 is 0 Å². The largest absolute Gasteiger partial charge is 0.297 e. The lowest BCUT2D eigenvalue weighted by Gasteiger charge is -2.58. The number of hydrogen-bond acceptors (Lipinski definition) is 1. The maximum absolute atomic E-state index is 2.94. The van der Waals surface area contributed by atoms with E-state index in [1.165, 1.54) is 38.8 Å². The van der Waals surface area contributed by atoms with Crippen LogP contribution in [0.25, 0.3) is 0 Å². The van der Waals surface area contributed by atoms with Crippen molar-refractivity contribution in [3.8, 4) is 0 Å². The van der Waals surface area contributed by atoms with E-state index in [-0.39, 0.29) is 0 Å². The van der Waals surface area contributed by atoms with E-state index in [9.17, 15) is 0 Å². The van der Waals surface area contributed by atoms with E-state index in [0.29, 0.717) is 5.54 Å². The van der Waals surface area contributed by atoms with Crippen LogP contribution < -0.4 is 0 Å². The molecule has 0 unspecified atom stereocenters. The Morgan fingerprint density at radius 2 is 1.76 bits per heavy atom. The molecule has 0 aromatic rings. The standard InChI is InChI=1S/C16H27N/c1-13-4-8-15-6-2-10-17-11-3-7-16(15,17)9-5-14(15)12-13/h13-14H,2-12H2,1H3/t13-,14+,15-,16-/m0/s1. The second kappa shape index (κ2) is 3.50. The predicted octanol–water partition coefficient (Wildman–Crippen LogP) is 3.83. The Kier molecular flexibility index (Phi) is 2.23. The van der Waals surface area contributed by atoms with Gasteiger partial charge in [-0.15, -0.1) is 0 Å². The van der Waals surface area contributed by atoms with Crippen LogP contribution in [0.4, 0.5) is 0 Å². The molecule has 4 atom stereocenters. The van der Waals surface area contributed by atoms with Crippen molar-refractivity contribution < 1.29 is 0 Å². The molecule has 2 heterocycles. The lowest BCUT2D eigenvalue weighted by molar-refractivity contribution is -0.0752. The van der Waals surface area contributed by atoms with E-state index >= 15 is 0 Å². The Labute approximate surface area is 106 Å². The molecule has 0 bridgehead atoms. The molecular weight excluding hydrogens is 206 g/mol. The minimum atomic E-state index is 0.691. The molecule has 2 saturated carbocycles. The van der Waals surface area contributed by atoms with Gasteiger partial charge in [0, 0.05) is 5.54 Å². The second-order valence-electron chi connectivity index (χ2n) is 7.50. The predicted molar refractivity (Wildman–Crippen MR) is 70.9 cm³/mol. The van der Waals surface area contributed by atoms with Crippen LogP contribution in [-0.2, 0) is 0 Å². The number of piperidine rings is 1. The number of hydrogen-bond donors (Lipinski definition) is 0. The fourth-order valence-electron chi connectivity index (χ4n) is 6.46. The normalized spacial score (nSPS) is 54.2. The van der Waals surface area contributed by atoms with Crippen molar-refractivity contribution in [3.05, 3.63) is 0 Å². The summed E-state index contributed by atoms with van der Waals surface area (Å²) in [5.41, 5.74) is 1.46. The smallest absolute Gasteiger partial charge is 0.0269 e. The first kappa shape index (κ1) is 10.8. The summed E-state index contributed by atoms with van der Waals surface area (Å²) in [6.45, 7) is 5.33. The van der Waals surface area contributed by atoms with Gasteiger partial charge in [0.25, 0.3) is 0 Å². The van der Waals surface area contributed by atoms with E-state index in [1.807, 2.05) is 0 Å². The molecule has 0 aromatic carbocycles. The Morgan fingerprint density at radius 3 is 2.65 bits per heavy atom. The molecule has 0 N–H and O–H groups in total. The van der Waals surface area contributed by atoms with Crippen LogP contribution in [0.5, 0.6) is 0 Å². The molecule has 0 aromatic heterocycles. The lowest BCUT2D eigenvalue weighted by atomic mass is 9.55. The van der Waals surface area contributed by atoms with Gasteiger partial charge in [-0.25, -0.2) is 0 Å². The first-order valence-corrected chi connectivity index (χ1v) is 8.02. The molecule has 2 saturated heterocycles. The van der Waals surface area contributed by atoms with Crippen molar-refractivity contribution in [1.82, 2.24) is 4.90 Å². The molecule has 0 amide bonds. The Hall–Kier alpha value is -0.0400. The fraction of sp³-hybridized carbons (Fsp3) is 1.00. The van der Waals surface area contributed by atoms with E-state index in [0.717, 1.165) is 17.3 Å². The molecule has 4 aliphatic rings. The zero-order valence-electron chi connectivity index (χ0n) is 11.4. The van der Waals surface area contributed by atoms with Crippen LogP contribution in [0.1, 0.15) is 64.7 Å². The highest BCUT2D eigenvalue weighted by Gasteiger charge is 2.64. The Bertz CT molecular complexity index is 325. The Balaban J connectivity index is 1.75. The molecule has 17 heavy (non-hydrogen) atoms. The van der Waals surface area contributed by atoms with Crippen molar-refractivity contribution in [2.24, 2.45) is 17.3 Å². The van der Waals surface area contributed by atoms with Gasteiger partial charge in [-0.2, -0.15) is 0 Å². The molecule has 2 aliphatic heterocycles. The van der Waals surface area contributed by atoms with Gasteiger partial charge in [-0.05, 0) is 81.7 Å². The van der Waals surface area contributed by atoms with E-state index in [1.54, 1.807) is 32.1 Å². The summed E-state index contributed by atoms with van der Waals surface area (Å²) in [5, 5.41) is 0. The molecule has 4 rings (SSSR count). The van der Waals surface area contributed by atoms with Crippen molar-refractivity contribution in [1.29, 1.82) is 0 Å². The summed E-state index contributed by atoms with van der Waals surface area (Å²) >= 11 is 0. The average molecular weight is 233 g/mol. The van der Waals surface area contributed by atoms with Crippen molar-refractivity contribution in [3.63, 3.8) is 0 Å². The van der Waals surface area contributed by atoms with Crippen LogP contribution >= 0.6 is 0 Å². The molecule has 0 radical (unpaired) electrons. The quantitative estimate of drug-likeness (QED) is 0.614. The maximum Gasteiger partial charge on any atom is 0.0269 e. The highest BCUT2D eigenvalue weighted by molar-refractivity contribution is 5.18. The molecular formula is C16H27N. The Morgan fingerprint density at radius 1 is 0.941 bits per heavy atom. The van der Waals surface area contributed by atoms with Gasteiger partial charge in [0.1, 0.15) is 0 Å². The molecule has 1 heteroatoms. The summed E-state index contributed by atoms with van der Waals surface area (Å²) < 4.78 is 0. The summed E-state index contributed by atoms with van der Waals surface area (Å²) in [6, 6.07) is 0. The highest BCUT2D eigenvalue weighted by Crippen LogP contribution is 2.67. The van der Waals surface area contributed by atoms with Gasteiger partial charge in [-0.1, -0.05) is 13.3 Å². The van der Waals surface area contributed by atoms with E-state index in [4.69, 9.17) is 0 Å². The zero-order chi connectivity index (χ0) is 11.5. The third-order valence-electron chi connectivity index (χ3n) is 7.06. The first-order valence-electron chi connectivity index (χ1n) is 8.02. The van der Waals surface area contributed by atoms with Crippen molar-refractivity contribution in [2.75, 3.05) is 13.1 Å². The summed E-state index contributed by atoms with van der Waals surface area (Å²) in [5.74, 6) is 2.10. The number of rotatable bonds is 0. The second-order valence-corrected chi connectivity index (χ2v) is 7.50. The number of nitrogens with zero attached hydrogens (tertiary/aromatic N) is 1. The van der Waals surface area contributed by atoms with E-state index < -0.39 is 0 Å². The van der Waals surface area contributed by atoms with Crippen LogP contribution in [0.3, 0.4) is 0 Å². The van der Waals surface area contributed by atoms with Gasteiger partial charge in [-0.3, -0.25) is 4.90 Å². The molecule has 2 spiro atoms. The topological polar surface area (TPSA) is 3.24 Å².